The van der Waals surface area contributed by atoms with Crippen LogP contribution in [0.4, 0.5) is 4.79 Å². The van der Waals surface area contributed by atoms with Crippen LogP contribution in [0.15, 0.2) is 48.5 Å². The number of hydrogen-bond donors (Lipinski definition) is 3. The van der Waals surface area contributed by atoms with Crippen LogP contribution >= 0.6 is 0 Å². The molecule has 2 amide bonds. The molecule has 2 saturated carbocycles. The molecular weight excluding hydrogens is 432 g/mol. The summed E-state index contributed by atoms with van der Waals surface area (Å²) >= 11 is 0. The highest BCUT2D eigenvalue weighted by atomic mass is 16.5. The van der Waals surface area contributed by atoms with E-state index in [2.05, 4.69) is 34.9 Å². The third-order valence-electron chi connectivity index (χ3n) is 7.88. The van der Waals surface area contributed by atoms with Crippen molar-refractivity contribution in [1.29, 1.82) is 0 Å². The van der Waals surface area contributed by atoms with Crippen molar-refractivity contribution in [2.45, 2.75) is 50.5 Å². The van der Waals surface area contributed by atoms with Gasteiger partial charge in [-0.05, 0) is 53.4 Å². The Morgan fingerprint density at radius 2 is 1.62 bits per heavy atom. The van der Waals surface area contributed by atoms with Crippen LogP contribution in [0.1, 0.15) is 56.1 Å². The van der Waals surface area contributed by atoms with Gasteiger partial charge in [0.1, 0.15) is 12.1 Å². The zero-order valence-electron chi connectivity index (χ0n) is 19.3. The molecule has 7 heteroatoms. The van der Waals surface area contributed by atoms with E-state index in [1.165, 1.54) is 0 Å². The fraction of sp³-hybridized carbons (Fsp3) is 0.444. The summed E-state index contributed by atoms with van der Waals surface area (Å²) in [6, 6.07) is 16.2. The van der Waals surface area contributed by atoms with E-state index in [1.54, 1.807) is 6.92 Å². The molecule has 0 saturated heterocycles. The fourth-order valence-corrected chi connectivity index (χ4v) is 5.89. The zero-order valence-corrected chi connectivity index (χ0v) is 19.3. The van der Waals surface area contributed by atoms with Gasteiger partial charge in [-0.1, -0.05) is 61.9 Å². The molecular formula is C27H30N2O5. The van der Waals surface area contributed by atoms with Crippen molar-refractivity contribution in [2.75, 3.05) is 13.2 Å². The number of hydrogen-bond acceptors (Lipinski definition) is 4. The number of carboxylic acid groups (broad SMARTS) is 1. The summed E-state index contributed by atoms with van der Waals surface area (Å²) in [4.78, 5) is 36.9. The SMILES string of the molecule is CC(CNC(=O)OCC1c2ccccc2-c2ccccc21)C(=O)NC1(C(=O)O)CC2(CCC2)C1. The summed E-state index contributed by atoms with van der Waals surface area (Å²) < 4.78 is 5.51. The first kappa shape index (κ1) is 22.4. The van der Waals surface area contributed by atoms with Crippen molar-refractivity contribution in [2.24, 2.45) is 11.3 Å². The summed E-state index contributed by atoms with van der Waals surface area (Å²) in [7, 11) is 0. The number of rotatable bonds is 7. The maximum Gasteiger partial charge on any atom is 0.407 e. The first-order valence-corrected chi connectivity index (χ1v) is 12.0. The number of carbonyl (C=O) groups excluding carboxylic acids is 2. The molecule has 0 heterocycles. The lowest BCUT2D eigenvalue weighted by Gasteiger charge is -2.59. The fourth-order valence-electron chi connectivity index (χ4n) is 5.89. The number of carboxylic acids is 1. The molecule has 1 unspecified atom stereocenters. The van der Waals surface area contributed by atoms with Crippen molar-refractivity contribution in [3.8, 4) is 11.1 Å². The van der Waals surface area contributed by atoms with Crippen LogP contribution in [0, 0.1) is 11.3 Å². The van der Waals surface area contributed by atoms with Crippen molar-refractivity contribution in [1.82, 2.24) is 10.6 Å². The third kappa shape index (κ3) is 3.83. The van der Waals surface area contributed by atoms with Gasteiger partial charge in [-0.25, -0.2) is 9.59 Å². The van der Waals surface area contributed by atoms with Gasteiger partial charge in [0.2, 0.25) is 5.91 Å². The molecule has 0 aliphatic heterocycles. The molecule has 0 bridgehead atoms. The Morgan fingerprint density at radius 3 is 2.15 bits per heavy atom. The van der Waals surface area contributed by atoms with Crippen LogP contribution in [0.5, 0.6) is 0 Å². The highest BCUT2D eigenvalue weighted by Gasteiger charge is 2.61. The Hall–Kier alpha value is -3.35. The second kappa shape index (κ2) is 8.46. The van der Waals surface area contributed by atoms with Crippen molar-refractivity contribution in [3.63, 3.8) is 0 Å². The average molecular weight is 463 g/mol. The van der Waals surface area contributed by atoms with E-state index >= 15 is 0 Å². The highest BCUT2D eigenvalue weighted by Crippen LogP contribution is 2.60. The number of alkyl carbamates (subject to hydrolysis) is 1. The first-order valence-electron chi connectivity index (χ1n) is 12.0. The third-order valence-corrected chi connectivity index (χ3v) is 7.88. The molecule has 0 radical (unpaired) electrons. The molecule has 2 fully saturated rings. The van der Waals surface area contributed by atoms with E-state index < -0.39 is 23.5 Å². The van der Waals surface area contributed by atoms with E-state index in [0.717, 1.165) is 41.5 Å². The maximum absolute atomic E-state index is 12.7. The summed E-state index contributed by atoms with van der Waals surface area (Å²) in [5.74, 6) is -1.95. The van der Waals surface area contributed by atoms with E-state index in [9.17, 15) is 19.5 Å². The smallest absolute Gasteiger partial charge is 0.407 e. The summed E-state index contributed by atoms with van der Waals surface area (Å²) in [6.07, 6.45) is 3.60. The zero-order chi connectivity index (χ0) is 23.9. The Labute approximate surface area is 198 Å². The Bertz CT molecular complexity index is 1090. The van der Waals surface area contributed by atoms with Crippen LogP contribution in [0.3, 0.4) is 0 Å². The molecule has 3 N–H and O–H groups in total. The quantitative estimate of drug-likeness (QED) is 0.576. The van der Waals surface area contributed by atoms with Crippen LogP contribution in [0.25, 0.3) is 11.1 Å². The molecule has 2 aromatic rings. The van der Waals surface area contributed by atoms with Gasteiger partial charge in [0.25, 0.3) is 0 Å². The molecule has 0 aromatic heterocycles. The van der Waals surface area contributed by atoms with E-state index in [4.69, 9.17) is 4.74 Å². The first-order chi connectivity index (χ1) is 16.3. The second-order valence-electron chi connectivity index (χ2n) is 10.2. The van der Waals surface area contributed by atoms with E-state index in [-0.39, 0.29) is 30.4 Å². The van der Waals surface area contributed by atoms with Crippen LogP contribution in [-0.4, -0.2) is 41.8 Å². The van der Waals surface area contributed by atoms with E-state index in [1.807, 2.05) is 24.3 Å². The minimum absolute atomic E-state index is 0.0354. The Morgan fingerprint density at radius 1 is 1.03 bits per heavy atom. The predicted molar refractivity (Wildman–Crippen MR) is 126 cm³/mol. The Kier molecular flexibility index (Phi) is 5.58. The largest absolute Gasteiger partial charge is 0.480 e. The molecule has 3 aliphatic carbocycles. The standard InChI is InChI=1S/C27H30N2O5/c1-17(23(30)29-27(24(31)32)15-26(16-27)11-6-12-26)13-28-25(33)34-14-22-20-9-4-2-7-18(20)19-8-3-5-10-21(19)22/h2-5,7-10,17,22H,6,11-16H2,1H3,(H,28,33)(H,29,30)(H,31,32). The number of nitrogens with one attached hydrogen (secondary N) is 2. The van der Waals surface area contributed by atoms with E-state index in [0.29, 0.717) is 12.8 Å². The summed E-state index contributed by atoms with van der Waals surface area (Å²) in [5, 5.41) is 15.1. The molecule has 2 aromatic carbocycles. The Balaban J connectivity index is 1.13. The maximum atomic E-state index is 12.7. The van der Waals surface area contributed by atoms with Crippen molar-refractivity contribution < 1.29 is 24.2 Å². The number of amides is 2. The molecule has 5 rings (SSSR count). The van der Waals surface area contributed by atoms with Gasteiger partial charge < -0.3 is 20.5 Å². The van der Waals surface area contributed by atoms with Gasteiger partial charge in [0.05, 0.1) is 5.92 Å². The number of fused-ring (bicyclic) bond motifs is 3. The lowest BCUT2D eigenvalue weighted by atomic mass is 9.48. The average Bonchev–Trinajstić information content (AvgIpc) is 3.10. The highest BCUT2D eigenvalue weighted by molar-refractivity contribution is 5.89. The van der Waals surface area contributed by atoms with Crippen molar-refractivity contribution >= 4 is 18.0 Å². The minimum atomic E-state index is -1.17. The number of aliphatic carboxylic acids is 1. The van der Waals surface area contributed by atoms with Crippen LogP contribution < -0.4 is 10.6 Å². The molecule has 34 heavy (non-hydrogen) atoms. The summed E-state index contributed by atoms with van der Waals surface area (Å²) in [6.45, 7) is 1.94. The number of carbonyl (C=O) groups is 3. The van der Waals surface area contributed by atoms with Gasteiger partial charge in [-0.3, -0.25) is 4.79 Å². The van der Waals surface area contributed by atoms with Gasteiger partial charge in [-0.15, -0.1) is 0 Å². The van der Waals surface area contributed by atoms with Crippen LogP contribution in [0.2, 0.25) is 0 Å². The van der Waals surface area contributed by atoms with Crippen molar-refractivity contribution in [3.05, 3.63) is 59.7 Å². The molecule has 178 valence electrons. The minimum Gasteiger partial charge on any atom is -0.480 e. The molecule has 1 atom stereocenters. The van der Waals surface area contributed by atoms with Gasteiger partial charge >= 0.3 is 12.1 Å². The normalized spacial score (nSPS) is 19.7. The van der Waals surface area contributed by atoms with Gasteiger partial charge in [0.15, 0.2) is 0 Å². The molecule has 7 nitrogen and oxygen atoms in total. The van der Waals surface area contributed by atoms with Gasteiger partial charge in [0, 0.05) is 12.5 Å². The topological polar surface area (TPSA) is 105 Å². The second-order valence-corrected chi connectivity index (χ2v) is 10.2. The number of benzene rings is 2. The molecule has 1 spiro atoms. The lowest BCUT2D eigenvalue weighted by Crippen LogP contribution is -2.68. The lowest BCUT2D eigenvalue weighted by molar-refractivity contribution is -0.166. The molecule has 3 aliphatic rings. The summed E-state index contributed by atoms with van der Waals surface area (Å²) in [5.41, 5.74) is 3.51. The monoisotopic (exact) mass is 462 g/mol. The predicted octanol–water partition coefficient (Wildman–Crippen LogP) is 4.06. The van der Waals surface area contributed by atoms with Gasteiger partial charge in [-0.2, -0.15) is 0 Å². The van der Waals surface area contributed by atoms with Crippen LogP contribution in [-0.2, 0) is 14.3 Å². The number of ether oxygens (including phenoxy) is 1.